The van der Waals surface area contributed by atoms with Gasteiger partial charge in [-0.3, -0.25) is 14.5 Å². The first kappa shape index (κ1) is 19.1. The normalized spacial score (nSPS) is 10.2. The van der Waals surface area contributed by atoms with Gasteiger partial charge in [0, 0.05) is 12.6 Å². The molecule has 0 saturated heterocycles. The predicted octanol–water partition coefficient (Wildman–Crippen LogP) is 4.61. The molecule has 0 unspecified atom stereocenters. The maximum Gasteiger partial charge on any atom is 0.244 e. The zero-order chi connectivity index (χ0) is 19.9. The number of ether oxygens (including phenoxy) is 1. The van der Waals surface area contributed by atoms with E-state index in [1.54, 1.807) is 36.4 Å². The van der Waals surface area contributed by atoms with Gasteiger partial charge in [-0.25, -0.2) is 4.39 Å². The first-order valence-electron chi connectivity index (χ1n) is 8.68. The van der Waals surface area contributed by atoms with Gasteiger partial charge in [0.15, 0.2) is 5.75 Å². The van der Waals surface area contributed by atoms with Crippen LogP contribution in [0.4, 0.5) is 15.8 Å². The highest BCUT2D eigenvalue weighted by atomic mass is 19.1. The van der Waals surface area contributed by atoms with Crippen molar-refractivity contribution in [3.63, 3.8) is 0 Å². The summed E-state index contributed by atoms with van der Waals surface area (Å²) in [5, 5.41) is 2.65. The molecule has 2 amide bonds. The fourth-order valence-corrected chi connectivity index (χ4v) is 2.63. The molecular weight excluding hydrogens is 359 g/mol. The minimum Gasteiger partial charge on any atom is -0.455 e. The Bertz CT molecular complexity index is 959. The third kappa shape index (κ3) is 4.94. The first-order valence-corrected chi connectivity index (χ1v) is 8.68. The second-order valence-corrected chi connectivity index (χ2v) is 6.04. The Balaban J connectivity index is 1.79. The van der Waals surface area contributed by atoms with Gasteiger partial charge in [-0.1, -0.05) is 30.3 Å². The molecule has 0 aliphatic carbocycles. The SMILES string of the molecule is CC(=O)N(CC(=O)Nc1ccc(F)cc1)c1ccccc1Oc1ccccc1. The van der Waals surface area contributed by atoms with E-state index in [1.807, 2.05) is 18.2 Å². The van der Waals surface area contributed by atoms with Crippen LogP contribution in [0, 0.1) is 5.82 Å². The van der Waals surface area contributed by atoms with Crippen LogP contribution in [0.2, 0.25) is 0 Å². The van der Waals surface area contributed by atoms with Crippen molar-refractivity contribution in [1.82, 2.24) is 0 Å². The Morgan fingerprint density at radius 2 is 1.57 bits per heavy atom. The van der Waals surface area contributed by atoms with E-state index in [4.69, 9.17) is 4.74 Å². The summed E-state index contributed by atoms with van der Waals surface area (Å²) >= 11 is 0. The summed E-state index contributed by atoms with van der Waals surface area (Å²) < 4.78 is 18.9. The third-order valence-corrected chi connectivity index (χ3v) is 3.94. The van der Waals surface area contributed by atoms with Crippen LogP contribution in [0.3, 0.4) is 0 Å². The number of hydrogen-bond acceptors (Lipinski definition) is 3. The lowest BCUT2D eigenvalue weighted by Gasteiger charge is -2.23. The van der Waals surface area contributed by atoms with Gasteiger partial charge in [0.1, 0.15) is 18.1 Å². The highest BCUT2D eigenvalue weighted by Gasteiger charge is 2.20. The highest BCUT2D eigenvalue weighted by molar-refractivity contribution is 6.02. The lowest BCUT2D eigenvalue weighted by atomic mass is 10.2. The monoisotopic (exact) mass is 378 g/mol. The molecule has 142 valence electrons. The molecule has 0 saturated carbocycles. The van der Waals surface area contributed by atoms with Crippen molar-refractivity contribution in [2.24, 2.45) is 0 Å². The molecule has 3 aromatic carbocycles. The molecular formula is C22H19FN2O3. The first-order chi connectivity index (χ1) is 13.5. The van der Waals surface area contributed by atoms with Gasteiger partial charge < -0.3 is 10.1 Å². The van der Waals surface area contributed by atoms with Gasteiger partial charge in [-0.05, 0) is 48.5 Å². The van der Waals surface area contributed by atoms with E-state index in [9.17, 15) is 14.0 Å². The molecule has 0 spiro atoms. The summed E-state index contributed by atoms with van der Waals surface area (Å²) in [7, 11) is 0. The van der Waals surface area contributed by atoms with E-state index in [0.717, 1.165) is 0 Å². The van der Waals surface area contributed by atoms with Gasteiger partial charge in [-0.15, -0.1) is 0 Å². The number of nitrogens with one attached hydrogen (secondary N) is 1. The molecule has 0 bridgehead atoms. The van der Waals surface area contributed by atoms with Crippen molar-refractivity contribution in [3.8, 4) is 11.5 Å². The number of para-hydroxylation sites is 3. The lowest BCUT2D eigenvalue weighted by Crippen LogP contribution is -2.36. The van der Waals surface area contributed by atoms with E-state index in [1.165, 1.54) is 36.1 Å². The van der Waals surface area contributed by atoms with Crippen LogP contribution in [-0.4, -0.2) is 18.4 Å². The largest absolute Gasteiger partial charge is 0.455 e. The van der Waals surface area contributed by atoms with E-state index in [0.29, 0.717) is 22.9 Å². The molecule has 6 heteroatoms. The number of hydrogen-bond donors (Lipinski definition) is 1. The second-order valence-electron chi connectivity index (χ2n) is 6.04. The Labute approximate surface area is 162 Å². The van der Waals surface area contributed by atoms with Gasteiger partial charge in [0.05, 0.1) is 5.69 Å². The minimum atomic E-state index is -0.406. The maximum atomic E-state index is 13.0. The smallest absolute Gasteiger partial charge is 0.244 e. The summed E-state index contributed by atoms with van der Waals surface area (Å²) in [4.78, 5) is 26.0. The number of anilines is 2. The molecule has 1 N–H and O–H groups in total. The molecule has 0 radical (unpaired) electrons. The van der Waals surface area contributed by atoms with Crippen molar-refractivity contribution < 1.29 is 18.7 Å². The number of carbonyl (C=O) groups is 2. The van der Waals surface area contributed by atoms with E-state index in [2.05, 4.69) is 5.32 Å². The van der Waals surface area contributed by atoms with Crippen LogP contribution in [0.25, 0.3) is 0 Å². The van der Waals surface area contributed by atoms with Crippen molar-refractivity contribution in [2.45, 2.75) is 6.92 Å². The Kier molecular flexibility index (Phi) is 6.01. The maximum absolute atomic E-state index is 13.0. The van der Waals surface area contributed by atoms with Crippen molar-refractivity contribution in [1.29, 1.82) is 0 Å². The molecule has 3 aromatic rings. The Morgan fingerprint density at radius 1 is 0.929 bits per heavy atom. The van der Waals surface area contributed by atoms with Gasteiger partial charge in [-0.2, -0.15) is 0 Å². The van der Waals surface area contributed by atoms with Crippen molar-refractivity contribution in [3.05, 3.63) is 84.7 Å². The molecule has 0 atom stereocenters. The average molecular weight is 378 g/mol. The van der Waals surface area contributed by atoms with E-state index < -0.39 is 11.7 Å². The van der Waals surface area contributed by atoms with Gasteiger partial charge >= 0.3 is 0 Å². The molecule has 0 fully saturated rings. The third-order valence-electron chi connectivity index (χ3n) is 3.94. The lowest BCUT2D eigenvalue weighted by molar-refractivity contribution is -0.120. The van der Waals surface area contributed by atoms with Crippen LogP contribution < -0.4 is 15.0 Å². The van der Waals surface area contributed by atoms with Crippen molar-refractivity contribution >= 4 is 23.2 Å². The zero-order valence-corrected chi connectivity index (χ0v) is 15.3. The van der Waals surface area contributed by atoms with Crippen LogP contribution in [0.15, 0.2) is 78.9 Å². The number of nitrogens with zero attached hydrogens (tertiary/aromatic N) is 1. The molecule has 5 nitrogen and oxygen atoms in total. The summed E-state index contributed by atoms with van der Waals surface area (Å²) in [5.41, 5.74) is 0.928. The van der Waals surface area contributed by atoms with E-state index >= 15 is 0 Å². The summed E-state index contributed by atoms with van der Waals surface area (Å²) in [6.45, 7) is 1.17. The minimum absolute atomic E-state index is 0.206. The standard InChI is InChI=1S/C22H19FN2O3/c1-16(26)25(15-22(27)24-18-13-11-17(23)12-14-18)20-9-5-6-10-21(20)28-19-7-3-2-4-8-19/h2-14H,15H2,1H3,(H,24,27). The quantitative estimate of drug-likeness (QED) is 0.681. The number of benzene rings is 3. The van der Waals surface area contributed by atoms with Gasteiger partial charge in [0.25, 0.3) is 0 Å². The van der Waals surface area contributed by atoms with Crippen LogP contribution in [0.5, 0.6) is 11.5 Å². The Morgan fingerprint density at radius 3 is 2.25 bits per heavy atom. The van der Waals surface area contributed by atoms with Crippen LogP contribution in [-0.2, 0) is 9.59 Å². The predicted molar refractivity (Wildman–Crippen MR) is 106 cm³/mol. The van der Waals surface area contributed by atoms with Crippen molar-refractivity contribution in [2.75, 3.05) is 16.8 Å². The topological polar surface area (TPSA) is 58.6 Å². The number of rotatable bonds is 6. The summed E-state index contributed by atoms with van der Waals surface area (Å²) in [6.07, 6.45) is 0. The molecule has 0 heterocycles. The highest BCUT2D eigenvalue weighted by Crippen LogP contribution is 2.32. The van der Waals surface area contributed by atoms with E-state index in [-0.39, 0.29) is 12.5 Å². The summed E-state index contributed by atoms with van der Waals surface area (Å²) in [6, 6.07) is 21.6. The molecule has 3 rings (SSSR count). The molecule has 0 aliphatic heterocycles. The number of carbonyl (C=O) groups excluding carboxylic acids is 2. The fourth-order valence-electron chi connectivity index (χ4n) is 2.63. The fraction of sp³-hybridized carbons (Fsp3) is 0.0909. The molecule has 0 aromatic heterocycles. The van der Waals surface area contributed by atoms with Crippen LogP contribution >= 0.6 is 0 Å². The average Bonchev–Trinajstić information content (AvgIpc) is 2.69. The summed E-state index contributed by atoms with van der Waals surface area (Å²) in [5.74, 6) is -0.0299. The molecule has 0 aliphatic rings. The Hall–Kier alpha value is -3.67. The van der Waals surface area contributed by atoms with Gasteiger partial charge in [0.2, 0.25) is 11.8 Å². The zero-order valence-electron chi connectivity index (χ0n) is 15.3. The second kappa shape index (κ2) is 8.81. The number of amides is 2. The molecule has 28 heavy (non-hydrogen) atoms. The number of halogens is 1. The van der Waals surface area contributed by atoms with Crippen LogP contribution in [0.1, 0.15) is 6.92 Å².